The molecule has 0 aromatic heterocycles. The minimum Gasteiger partial charge on any atom is -0.508 e. The number of hydrazone groups is 1. The van der Waals surface area contributed by atoms with Crippen LogP contribution in [0.1, 0.15) is 35.3 Å². The van der Waals surface area contributed by atoms with Crippen molar-refractivity contribution in [2.75, 3.05) is 0 Å². The lowest BCUT2D eigenvalue weighted by Crippen LogP contribution is -2.10. The summed E-state index contributed by atoms with van der Waals surface area (Å²) in [5.74, 6) is 4.68. The van der Waals surface area contributed by atoms with Gasteiger partial charge in [0.25, 0.3) is 0 Å². The fourth-order valence-electron chi connectivity index (χ4n) is 1.69. The molecular weight excluding hydrogens is 296 g/mol. The molecule has 0 aliphatic heterocycles. The van der Waals surface area contributed by atoms with Crippen molar-refractivity contribution < 1.29 is 19.7 Å². The molecule has 0 aliphatic rings. The van der Waals surface area contributed by atoms with Crippen molar-refractivity contribution in [1.29, 1.82) is 0 Å². The maximum atomic E-state index is 10.8. The zero-order chi connectivity index (χ0) is 17.2. The molecule has 0 atom stereocenters. The summed E-state index contributed by atoms with van der Waals surface area (Å²) in [6.07, 6.45) is 0. The third kappa shape index (κ3) is 5.35. The SMILES string of the molecule is CC.N/N=C(\OCc1ccc(O)cc1)c1ccc(C(=O)O)cc1. The zero-order valence-corrected chi connectivity index (χ0v) is 13.1. The van der Waals surface area contributed by atoms with E-state index >= 15 is 0 Å². The molecule has 122 valence electrons. The number of carboxylic acid groups (broad SMARTS) is 1. The van der Waals surface area contributed by atoms with Gasteiger partial charge in [-0.3, -0.25) is 0 Å². The van der Waals surface area contributed by atoms with Crippen molar-refractivity contribution in [3.63, 3.8) is 0 Å². The van der Waals surface area contributed by atoms with Crippen LogP contribution in [0.5, 0.6) is 5.75 Å². The molecule has 0 bridgehead atoms. The molecule has 6 heteroatoms. The number of rotatable bonds is 4. The lowest BCUT2D eigenvalue weighted by Gasteiger charge is -2.09. The third-order valence-corrected chi connectivity index (χ3v) is 2.81. The average molecular weight is 316 g/mol. The minimum atomic E-state index is -1.00. The fourth-order valence-corrected chi connectivity index (χ4v) is 1.69. The Labute approximate surface area is 134 Å². The van der Waals surface area contributed by atoms with E-state index in [-0.39, 0.29) is 23.8 Å². The van der Waals surface area contributed by atoms with Gasteiger partial charge in [-0.2, -0.15) is 0 Å². The number of ether oxygens (including phenoxy) is 1. The Balaban J connectivity index is 0.00000127. The molecular formula is C17H20N2O4. The molecule has 2 aromatic carbocycles. The number of nitrogens with zero attached hydrogens (tertiary/aromatic N) is 1. The van der Waals surface area contributed by atoms with Gasteiger partial charge >= 0.3 is 5.97 Å². The van der Waals surface area contributed by atoms with E-state index in [1.54, 1.807) is 36.4 Å². The highest BCUT2D eigenvalue weighted by Gasteiger charge is 2.08. The van der Waals surface area contributed by atoms with E-state index in [1.807, 2.05) is 13.8 Å². The van der Waals surface area contributed by atoms with Gasteiger partial charge < -0.3 is 20.8 Å². The first-order valence-corrected chi connectivity index (χ1v) is 7.12. The zero-order valence-electron chi connectivity index (χ0n) is 13.1. The number of aromatic carboxylic acids is 1. The van der Waals surface area contributed by atoms with Crippen molar-refractivity contribution in [2.45, 2.75) is 20.5 Å². The second-order valence-corrected chi connectivity index (χ2v) is 4.27. The molecule has 0 radical (unpaired) electrons. The largest absolute Gasteiger partial charge is 0.508 e. The maximum Gasteiger partial charge on any atom is 0.335 e. The standard InChI is InChI=1S/C15H14N2O4.C2H6/c16-17-14(11-3-5-12(6-4-11)15(19)20)21-9-10-1-7-13(18)8-2-10;1-2/h1-8,18H,9,16H2,(H,19,20);1-2H3/b17-14-;. The summed E-state index contributed by atoms with van der Waals surface area (Å²) in [5.41, 5.74) is 1.60. The van der Waals surface area contributed by atoms with E-state index < -0.39 is 5.97 Å². The van der Waals surface area contributed by atoms with Crippen LogP contribution in [0, 0.1) is 0 Å². The topological polar surface area (TPSA) is 105 Å². The summed E-state index contributed by atoms with van der Waals surface area (Å²) in [6.45, 7) is 4.23. The quantitative estimate of drug-likeness (QED) is 0.348. The number of hydrogen-bond donors (Lipinski definition) is 3. The number of carbonyl (C=O) groups is 1. The second-order valence-electron chi connectivity index (χ2n) is 4.27. The van der Waals surface area contributed by atoms with Crippen LogP contribution in [0.15, 0.2) is 53.6 Å². The lowest BCUT2D eigenvalue weighted by molar-refractivity contribution is 0.0697. The molecule has 6 nitrogen and oxygen atoms in total. The maximum absolute atomic E-state index is 10.8. The minimum absolute atomic E-state index is 0.175. The summed E-state index contributed by atoms with van der Waals surface area (Å²) in [5, 5.41) is 21.6. The highest BCUT2D eigenvalue weighted by atomic mass is 16.5. The first-order chi connectivity index (χ1) is 11.1. The van der Waals surface area contributed by atoms with E-state index in [1.165, 1.54) is 12.1 Å². The number of phenolic OH excluding ortho intramolecular Hbond substituents is 1. The van der Waals surface area contributed by atoms with Gasteiger partial charge in [0.1, 0.15) is 12.4 Å². The van der Waals surface area contributed by atoms with Gasteiger partial charge in [-0.1, -0.05) is 26.0 Å². The molecule has 0 heterocycles. The van der Waals surface area contributed by atoms with Crippen LogP contribution in [-0.2, 0) is 11.3 Å². The van der Waals surface area contributed by atoms with Gasteiger partial charge in [0.15, 0.2) is 0 Å². The molecule has 2 rings (SSSR count). The molecule has 0 saturated carbocycles. The summed E-state index contributed by atoms with van der Waals surface area (Å²) in [6, 6.07) is 12.6. The predicted octanol–water partition coefficient (Wildman–Crippen LogP) is 2.95. The van der Waals surface area contributed by atoms with Gasteiger partial charge in [0, 0.05) is 5.56 Å². The van der Waals surface area contributed by atoms with Crippen LogP contribution in [-0.4, -0.2) is 22.1 Å². The summed E-state index contributed by atoms with van der Waals surface area (Å²) in [7, 11) is 0. The van der Waals surface area contributed by atoms with Gasteiger partial charge in [-0.25, -0.2) is 4.79 Å². The van der Waals surface area contributed by atoms with Gasteiger partial charge in [0.2, 0.25) is 5.90 Å². The molecule has 2 aromatic rings. The Morgan fingerprint density at radius 2 is 1.57 bits per heavy atom. The molecule has 0 saturated heterocycles. The number of benzene rings is 2. The van der Waals surface area contributed by atoms with Crippen molar-refractivity contribution >= 4 is 11.9 Å². The average Bonchev–Trinajstić information content (AvgIpc) is 2.59. The Bertz CT molecular complexity index is 649. The number of phenols is 1. The smallest absolute Gasteiger partial charge is 0.335 e. The Kier molecular flexibility index (Phi) is 7.13. The number of aromatic hydroxyl groups is 1. The Morgan fingerprint density at radius 1 is 1.04 bits per heavy atom. The summed E-state index contributed by atoms with van der Waals surface area (Å²) >= 11 is 0. The second kappa shape index (κ2) is 9.09. The molecule has 23 heavy (non-hydrogen) atoms. The van der Waals surface area contributed by atoms with E-state index in [4.69, 9.17) is 15.7 Å². The Hall–Kier alpha value is -3.02. The van der Waals surface area contributed by atoms with Gasteiger partial charge in [-0.15, -0.1) is 5.10 Å². The molecule has 0 fully saturated rings. The molecule has 0 amide bonds. The molecule has 0 spiro atoms. The third-order valence-electron chi connectivity index (χ3n) is 2.81. The normalized spacial score (nSPS) is 10.4. The molecule has 0 unspecified atom stereocenters. The van der Waals surface area contributed by atoms with Crippen LogP contribution >= 0.6 is 0 Å². The summed E-state index contributed by atoms with van der Waals surface area (Å²) < 4.78 is 5.50. The fraction of sp³-hybridized carbons (Fsp3) is 0.176. The van der Waals surface area contributed by atoms with E-state index in [0.717, 1.165) is 5.56 Å². The highest BCUT2D eigenvalue weighted by molar-refractivity contribution is 5.95. The predicted molar refractivity (Wildman–Crippen MR) is 88.4 cm³/mol. The van der Waals surface area contributed by atoms with Gasteiger partial charge in [0.05, 0.1) is 5.56 Å². The van der Waals surface area contributed by atoms with Crippen LogP contribution in [0.2, 0.25) is 0 Å². The van der Waals surface area contributed by atoms with Gasteiger partial charge in [-0.05, 0) is 42.0 Å². The Morgan fingerprint density at radius 3 is 2.04 bits per heavy atom. The van der Waals surface area contributed by atoms with E-state index in [9.17, 15) is 9.90 Å². The van der Waals surface area contributed by atoms with Crippen LogP contribution in [0.3, 0.4) is 0 Å². The number of nitrogens with two attached hydrogens (primary N) is 1. The van der Waals surface area contributed by atoms with E-state index in [0.29, 0.717) is 5.56 Å². The first-order valence-electron chi connectivity index (χ1n) is 7.12. The van der Waals surface area contributed by atoms with Crippen LogP contribution < -0.4 is 5.84 Å². The lowest BCUT2D eigenvalue weighted by atomic mass is 10.1. The number of hydrogen-bond acceptors (Lipinski definition) is 5. The highest BCUT2D eigenvalue weighted by Crippen LogP contribution is 2.12. The number of carboxylic acids is 1. The van der Waals surface area contributed by atoms with Crippen molar-refractivity contribution in [3.8, 4) is 5.75 Å². The summed E-state index contributed by atoms with van der Waals surface area (Å²) in [4.78, 5) is 10.8. The monoisotopic (exact) mass is 316 g/mol. The molecule has 0 aliphatic carbocycles. The van der Waals surface area contributed by atoms with Crippen LogP contribution in [0.25, 0.3) is 0 Å². The van der Waals surface area contributed by atoms with Crippen molar-refractivity contribution in [2.24, 2.45) is 10.9 Å². The van der Waals surface area contributed by atoms with Crippen molar-refractivity contribution in [1.82, 2.24) is 0 Å². The van der Waals surface area contributed by atoms with Crippen molar-refractivity contribution in [3.05, 3.63) is 65.2 Å². The van der Waals surface area contributed by atoms with E-state index in [2.05, 4.69) is 5.10 Å². The first kappa shape index (κ1) is 18.0. The molecule has 4 N–H and O–H groups in total. The van der Waals surface area contributed by atoms with Crippen LogP contribution in [0.4, 0.5) is 0 Å².